The fourth-order valence-electron chi connectivity index (χ4n) is 2.81. The van der Waals surface area contributed by atoms with Crippen LogP contribution in [0.5, 0.6) is 5.75 Å². The predicted octanol–water partition coefficient (Wildman–Crippen LogP) is 0.734. The molecule has 142 valence electrons. The summed E-state index contributed by atoms with van der Waals surface area (Å²) in [5, 5.41) is 2.74. The molecule has 1 fully saturated rings. The van der Waals surface area contributed by atoms with Crippen LogP contribution in [0.25, 0.3) is 0 Å². The molecule has 1 saturated heterocycles. The van der Waals surface area contributed by atoms with Crippen molar-refractivity contribution in [1.29, 1.82) is 0 Å². The molecule has 0 spiro atoms. The van der Waals surface area contributed by atoms with Crippen LogP contribution in [-0.4, -0.2) is 51.9 Å². The number of carbonyl (C=O) groups is 1. The lowest BCUT2D eigenvalue weighted by Gasteiger charge is -2.31. The Morgan fingerprint density at radius 3 is 2.88 bits per heavy atom. The summed E-state index contributed by atoms with van der Waals surface area (Å²) in [5.41, 5.74) is 6.05. The first-order valence-electron chi connectivity index (χ1n) is 8.05. The van der Waals surface area contributed by atoms with E-state index in [0.29, 0.717) is 43.8 Å². The zero-order chi connectivity index (χ0) is 17.6. The topological polar surface area (TPSA) is 102 Å². The smallest absolute Gasteiger partial charge is 0.224 e. The molecule has 1 unspecified atom stereocenters. The zero-order valence-electron chi connectivity index (χ0n) is 14.3. The monoisotopic (exact) mass is 391 g/mol. The van der Waals surface area contributed by atoms with Gasteiger partial charge in [0.15, 0.2) is 0 Å². The molecular weight excluding hydrogens is 366 g/mol. The Bertz CT molecular complexity index is 669. The molecule has 0 radical (unpaired) electrons. The van der Waals surface area contributed by atoms with Crippen LogP contribution in [0.3, 0.4) is 0 Å². The maximum absolute atomic E-state index is 12.7. The Balaban J connectivity index is 0.00000312. The number of hydrogen-bond donors (Lipinski definition) is 2. The Hall–Kier alpha value is -1.35. The minimum absolute atomic E-state index is 0. The van der Waals surface area contributed by atoms with Crippen molar-refractivity contribution in [2.45, 2.75) is 18.6 Å². The van der Waals surface area contributed by atoms with E-state index < -0.39 is 10.0 Å². The van der Waals surface area contributed by atoms with Crippen molar-refractivity contribution in [3.8, 4) is 5.75 Å². The average molecular weight is 392 g/mol. The molecular formula is C16H26ClN3O4S. The zero-order valence-corrected chi connectivity index (χ0v) is 15.9. The van der Waals surface area contributed by atoms with Gasteiger partial charge in [0, 0.05) is 26.2 Å². The lowest BCUT2D eigenvalue weighted by atomic mass is 9.99. The lowest BCUT2D eigenvalue weighted by molar-refractivity contribution is -0.126. The number of amides is 1. The van der Waals surface area contributed by atoms with Crippen LogP contribution in [0.4, 0.5) is 0 Å². The molecule has 1 aliphatic heterocycles. The molecule has 9 heteroatoms. The Labute approximate surface area is 155 Å². The lowest BCUT2D eigenvalue weighted by Crippen LogP contribution is -2.46. The van der Waals surface area contributed by atoms with Gasteiger partial charge in [-0.2, -0.15) is 0 Å². The van der Waals surface area contributed by atoms with Crippen LogP contribution in [0, 0.1) is 5.92 Å². The Morgan fingerprint density at radius 1 is 1.44 bits per heavy atom. The van der Waals surface area contributed by atoms with Crippen molar-refractivity contribution in [2.75, 3.05) is 33.3 Å². The number of carbonyl (C=O) groups excluding carboxylic acids is 1. The summed E-state index contributed by atoms with van der Waals surface area (Å²) in [6.45, 7) is 1.46. The van der Waals surface area contributed by atoms with E-state index in [4.69, 9.17) is 10.5 Å². The SMILES string of the molecule is COc1cccc(CS(=O)(=O)N2CCCC(C(=O)NCCN)C2)c1.Cl. The number of rotatable bonds is 7. The quantitative estimate of drug-likeness (QED) is 0.713. The first-order chi connectivity index (χ1) is 11.5. The molecule has 0 aliphatic carbocycles. The second kappa shape index (κ2) is 9.96. The number of hydrogen-bond acceptors (Lipinski definition) is 5. The third kappa shape index (κ3) is 6.14. The largest absolute Gasteiger partial charge is 0.497 e. The maximum Gasteiger partial charge on any atom is 0.224 e. The van der Waals surface area contributed by atoms with Crippen molar-refractivity contribution >= 4 is 28.3 Å². The molecule has 0 saturated carbocycles. The van der Waals surface area contributed by atoms with E-state index >= 15 is 0 Å². The van der Waals surface area contributed by atoms with Crippen molar-refractivity contribution in [3.63, 3.8) is 0 Å². The van der Waals surface area contributed by atoms with Gasteiger partial charge in [-0.05, 0) is 30.5 Å². The molecule has 1 aliphatic rings. The van der Waals surface area contributed by atoms with E-state index in [1.54, 1.807) is 31.4 Å². The fourth-order valence-corrected chi connectivity index (χ4v) is 4.41. The van der Waals surface area contributed by atoms with E-state index in [2.05, 4.69) is 5.32 Å². The number of piperidine rings is 1. The van der Waals surface area contributed by atoms with E-state index in [1.165, 1.54) is 4.31 Å². The molecule has 3 N–H and O–H groups in total. The number of nitrogens with zero attached hydrogens (tertiary/aromatic N) is 1. The van der Waals surface area contributed by atoms with Crippen LogP contribution in [0.15, 0.2) is 24.3 Å². The van der Waals surface area contributed by atoms with Crippen molar-refractivity contribution < 1.29 is 17.9 Å². The van der Waals surface area contributed by atoms with Gasteiger partial charge in [0.2, 0.25) is 15.9 Å². The van der Waals surface area contributed by atoms with Crippen LogP contribution >= 0.6 is 12.4 Å². The summed E-state index contributed by atoms with van der Waals surface area (Å²) in [7, 11) is -1.93. The van der Waals surface area contributed by atoms with Crippen LogP contribution in [-0.2, 0) is 20.6 Å². The van der Waals surface area contributed by atoms with Gasteiger partial charge in [-0.3, -0.25) is 4.79 Å². The third-order valence-corrected chi connectivity index (χ3v) is 5.89. The van der Waals surface area contributed by atoms with Gasteiger partial charge < -0.3 is 15.8 Å². The number of methoxy groups -OCH3 is 1. The van der Waals surface area contributed by atoms with Crippen molar-refractivity contribution in [2.24, 2.45) is 11.7 Å². The highest BCUT2D eigenvalue weighted by molar-refractivity contribution is 7.88. The second-order valence-corrected chi connectivity index (χ2v) is 7.85. The summed E-state index contributed by atoms with van der Waals surface area (Å²) < 4.78 is 31.9. The van der Waals surface area contributed by atoms with E-state index in [-0.39, 0.29) is 36.5 Å². The minimum atomic E-state index is -3.48. The molecule has 0 aromatic heterocycles. The summed E-state index contributed by atoms with van der Waals surface area (Å²) in [4.78, 5) is 12.1. The van der Waals surface area contributed by atoms with Gasteiger partial charge in [-0.1, -0.05) is 12.1 Å². The number of ether oxygens (including phenoxy) is 1. The standard InChI is InChI=1S/C16H25N3O4S.ClH/c1-23-15-6-2-4-13(10-15)12-24(21,22)19-9-3-5-14(11-19)16(20)18-8-7-17;/h2,4,6,10,14H,3,5,7-9,11-12,17H2,1H3,(H,18,20);1H. The predicted molar refractivity (Wildman–Crippen MR) is 99.2 cm³/mol. The number of sulfonamides is 1. The van der Waals surface area contributed by atoms with Gasteiger partial charge in [0.05, 0.1) is 18.8 Å². The second-order valence-electron chi connectivity index (χ2n) is 5.88. The molecule has 25 heavy (non-hydrogen) atoms. The summed E-state index contributed by atoms with van der Waals surface area (Å²) in [6.07, 6.45) is 1.37. The average Bonchev–Trinajstić information content (AvgIpc) is 2.59. The highest BCUT2D eigenvalue weighted by atomic mass is 35.5. The number of benzene rings is 1. The van der Waals surface area contributed by atoms with E-state index in [1.807, 2.05) is 0 Å². The molecule has 1 heterocycles. The molecule has 1 atom stereocenters. The normalized spacial score (nSPS) is 18.2. The summed E-state index contributed by atoms with van der Waals surface area (Å²) >= 11 is 0. The Kier molecular flexibility index (Phi) is 8.64. The first kappa shape index (κ1) is 21.7. The summed E-state index contributed by atoms with van der Waals surface area (Å²) in [6, 6.07) is 7.01. The van der Waals surface area contributed by atoms with Crippen molar-refractivity contribution in [1.82, 2.24) is 9.62 Å². The van der Waals surface area contributed by atoms with Gasteiger partial charge in [-0.15, -0.1) is 12.4 Å². The van der Waals surface area contributed by atoms with E-state index in [0.717, 1.165) is 0 Å². The number of halogens is 1. The molecule has 1 aromatic carbocycles. The van der Waals surface area contributed by atoms with Crippen LogP contribution in [0.1, 0.15) is 18.4 Å². The minimum Gasteiger partial charge on any atom is -0.497 e. The highest BCUT2D eigenvalue weighted by Crippen LogP contribution is 2.22. The van der Waals surface area contributed by atoms with Crippen LogP contribution < -0.4 is 15.8 Å². The molecule has 1 aromatic rings. The number of nitrogens with one attached hydrogen (secondary N) is 1. The maximum atomic E-state index is 12.7. The van der Waals surface area contributed by atoms with E-state index in [9.17, 15) is 13.2 Å². The summed E-state index contributed by atoms with van der Waals surface area (Å²) in [5.74, 6) is 0.0916. The highest BCUT2D eigenvalue weighted by Gasteiger charge is 2.32. The van der Waals surface area contributed by atoms with Gasteiger partial charge >= 0.3 is 0 Å². The molecule has 0 bridgehead atoms. The third-order valence-electron chi connectivity index (χ3n) is 4.08. The van der Waals surface area contributed by atoms with Gasteiger partial charge in [-0.25, -0.2) is 12.7 Å². The van der Waals surface area contributed by atoms with Gasteiger partial charge in [0.25, 0.3) is 0 Å². The Morgan fingerprint density at radius 2 is 2.20 bits per heavy atom. The van der Waals surface area contributed by atoms with Crippen molar-refractivity contribution in [3.05, 3.63) is 29.8 Å². The van der Waals surface area contributed by atoms with Crippen LogP contribution in [0.2, 0.25) is 0 Å². The molecule has 2 rings (SSSR count). The molecule has 1 amide bonds. The molecule has 7 nitrogen and oxygen atoms in total. The van der Waals surface area contributed by atoms with Gasteiger partial charge in [0.1, 0.15) is 5.75 Å². The fraction of sp³-hybridized carbons (Fsp3) is 0.562. The first-order valence-corrected chi connectivity index (χ1v) is 9.65. The number of nitrogens with two attached hydrogens (primary N) is 1.